The van der Waals surface area contributed by atoms with Crippen LogP contribution in [0, 0.1) is 0 Å². The van der Waals surface area contributed by atoms with Gasteiger partial charge in [0, 0.05) is 5.92 Å². The summed E-state index contributed by atoms with van der Waals surface area (Å²) in [6.07, 6.45) is 0.800. The van der Waals surface area contributed by atoms with Crippen molar-refractivity contribution in [2.45, 2.75) is 17.8 Å². The largest absolute Gasteiger partial charge is 0.280 e. The van der Waals surface area contributed by atoms with Gasteiger partial charge in [0.2, 0.25) is 5.24 Å². The molecule has 2 aliphatic rings. The first-order valence-electron chi connectivity index (χ1n) is 6.14. The molecule has 0 aliphatic heterocycles. The quantitative estimate of drug-likeness (QED) is 0.711. The number of fused-ring (bicyclic) bond motifs is 8. The van der Waals surface area contributed by atoms with Crippen molar-refractivity contribution in [2.24, 2.45) is 0 Å². The first-order valence-corrected chi connectivity index (χ1v) is 6.51. The van der Waals surface area contributed by atoms with Crippen LogP contribution in [0.2, 0.25) is 0 Å². The van der Waals surface area contributed by atoms with Crippen LogP contribution in [0.3, 0.4) is 0 Å². The Kier molecular flexibility index (Phi) is 1.86. The molecule has 0 saturated carbocycles. The summed E-state index contributed by atoms with van der Waals surface area (Å²) in [4.78, 5) is 12.1. The van der Waals surface area contributed by atoms with Crippen molar-refractivity contribution in [3.63, 3.8) is 0 Å². The molecule has 1 nitrogen and oxygen atoms in total. The third kappa shape index (κ3) is 0.979. The van der Waals surface area contributed by atoms with Gasteiger partial charge in [0.1, 0.15) is 0 Å². The van der Waals surface area contributed by atoms with E-state index in [0.717, 1.165) is 17.5 Å². The Morgan fingerprint density at radius 1 is 1.00 bits per heavy atom. The fourth-order valence-corrected chi connectivity index (χ4v) is 4.01. The average molecular weight is 255 g/mol. The molecule has 0 atom stereocenters. The van der Waals surface area contributed by atoms with Crippen LogP contribution < -0.4 is 0 Å². The van der Waals surface area contributed by atoms with Gasteiger partial charge >= 0.3 is 0 Å². The molecule has 0 unspecified atom stereocenters. The van der Waals surface area contributed by atoms with Crippen LogP contribution in [0.4, 0.5) is 0 Å². The van der Waals surface area contributed by atoms with Crippen LogP contribution in [0.15, 0.2) is 48.5 Å². The van der Waals surface area contributed by atoms with E-state index in [1.54, 1.807) is 0 Å². The van der Waals surface area contributed by atoms with E-state index < -0.39 is 5.41 Å². The summed E-state index contributed by atoms with van der Waals surface area (Å²) in [5, 5.41) is -0.248. The molecular formula is C16H11ClO. The first kappa shape index (κ1) is 10.3. The van der Waals surface area contributed by atoms with E-state index in [1.165, 1.54) is 11.1 Å². The molecule has 2 aromatic carbocycles. The molecule has 0 fully saturated rings. The van der Waals surface area contributed by atoms with E-state index in [2.05, 4.69) is 12.1 Å². The SMILES string of the molecule is O=C(Cl)C12CC(c3ccccc31)c1ccccc12. The van der Waals surface area contributed by atoms with Crippen molar-refractivity contribution in [2.75, 3.05) is 0 Å². The summed E-state index contributed by atoms with van der Waals surface area (Å²) in [6.45, 7) is 0. The van der Waals surface area contributed by atoms with Gasteiger partial charge in [-0.1, -0.05) is 48.5 Å². The highest BCUT2D eigenvalue weighted by molar-refractivity contribution is 6.66. The lowest BCUT2D eigenvalue weighted by Crippen LogP contribution is -2.30. The van der Waals surface area contributed by atoms with Crippen LogP contribution in [0.5, 0.6) is 0 Å². The number of benzene rings is 2. The van der Waals surface area contributed by atoms with Gasteiger partial charge in [0.15, 0.2) is 0 Å². The Hall–Kier alpha value is -1.60. The maximum atomic E-state index is 12.1. The molecule has 88 valence electrons. The maximum absolute atomic E-state index is 12.1. The number of rotatable bonds is 1. The first-order chi connectivity index (χ1) is 8.75. The molecule has 0 N–H and O–H groups in total. The summed E-state index contributed by atoms with van der Waals surface area (Å²) in [6, 6.07) is 16.4. The van der Waals surface area contributed by atoms with Gasteiger partial charge in [-0.25, -0.2) is 0 Å². The van der Waals surface area contributed by atoms with E-state index >= 15 is 0 Å². The van der Waals surface area contributed by atoms with Gasteiger partial charge < -0.3 is 0 Å². The van der Waals surface area contributed by atoms with Crippen molar-refractivity contribution in [3.05, 3.63) is 70.8 Å². The van der Waals surface area contributed by atoms with E-state index in [-0.39, 0.29) is 5.24 Å². The molecule has 2 heteroatoms. The van der Waals surface area contributed by atoms with Crippen LogP contribution in [-0.4, -0.2) is 5.24 Å². The van der Waals surface area contributed by atoms with Crippen molar-refractivity contribution in [1.29, 1.82) is 0 Å². The zero-order valence-electron chi connectivity index (χ0n) is 9.69. The highest BCUT2D eigenvalue weighted by Gasteiger charge is 2.56. The third-order valence-electron chi connectivity index (χ3n) is 4.44. The lowest BCUT2D eigenvalue weighted by Gasteiger charge is -2.27. The Morgan fingerprint density at radius 2 is 1.50 bits per heavy atom. The Morgan fingerprint density at radius 3 is 2.00 bits per heavy atom. The molecule has 0 spiro atoms. The van der Waals surface area contributed by atoms with E-state index in [1.807, 2.05) is 36.4 Å². The van der Waals surface area contributed by atoms with Crippen molar-refractivity contribution < 1.29 is 4.79 Å². The lowest BCUT2D eigenvalue weighted by molar-refractivity contribution is -0.115. The van der Waals surface area contributed by atoms with E-state index in [4.69, 9.17) is 11.6 Å². The number of hydrogen-bond donors (Lipinski definition) is 0. The van der Waals surface area contributed by atoms with Gasteiger partial charge in [-0.3, -0.25) is 4.79 Å². The lowest BCUT2D eigenvalue weighted by atomic mass is 9.76. The van der Waals surface area contributed by atoms with E-state index in [9.17, 15) is 4.79 Å². The fraction of sp³-hybridized carbons (Fsp3) is 0.188. The Bertz CT molecular complexity index is 627. The van der Waals surface area contributed by atoms with Crippen molar-refractivity contribution >= 4 is 16.8 Å². The Balaban J connectivity index is 2.12. The molecule has 0 amide bonds. The minimum atomic E-state index is -0.598. The topological polar surface area (TPSA) is 17.1 Å². The molecule has 2 aromatic rings. The monoisotopic (exact) mass is 254 g/mol. The molecule has 2 bridgehead atoms. The number of hydrogen-bond acceptors (Lipinski definition) is 1. The van der Waals surface area contributed by atoms with Gasteiger partial charge in [-0.05, 0) is 40.3 Å². The molecule has 0 aromatic heterocycles. The zero-order valence-corrected chi connectivity index (χ0v) is 10.4. The molecule has 18 heavy (non-hydrogen) atoms. The van der Waals surface area contributed by atoms with E-state index in [0.29, 0.717) is 5.92 Å². The van der Waals surface area contributed by atoms with Crippen molar-refractivity contribution in [3.8, 4) is 0 Å². The van der Waals surface area contributed by atoms with Crippen molar-refractivity contribution in [1.82, 2.24) is 0 Å². The standard InChI is InChI=1S/C16H11ClO/c17-15(18)16-9-12(10-5-1-3-7-13(10)16)11-6-2-4-8-14(11)16/h1-8,12H,9H2. The van der Waals surface area contributed by atoms with Gasteiger partial charge in [0.05, 0.1) is 5.41 Å². The summed E-state index contributed by atoms with van der Waals surface area (Å²) in [5.74, 6) is 0.333. The average Bonchev–Trinajstić information content (AvgIpc) is 2.93. The predicted octanol–water partition coefficient (Wildman–Crippen LogP) is 3.59. The molecule has 0 radical (unpaired) electrons. The summed E-state index contributed by atoms with van der Waals surface area (Å²) in [5.41, 5.74) is 4.15. The third-order valence-corrected chi connectivity index (χ3v) is 4.76. The van der Waals surface area contributed by atoms with Gasteiger partial charge in [0.25, 0.3) is 0 Å². The number of carbonyl (C=O) groups is 1. The fourth-order valence-electron chi connectivity index (χ4n) is 3.73. The number of carbonyl (C=O) groups excluding carboxylic acids is 1. The zero-order chi connectivity index (χ0) is 12.3. The van der Waals surface area contributed by atoms with Crippen LogP contribution in [0.1, 0.15) is 34.6 Å². The normalized spacial score (nSPS) is 26.8. The molecular weight excluding hydrogens is 244 g/mol. The minimum absolute atomic E-state index is 0.248. The van der Waals surface area contributed by atoms with Crippen LogP contribution in [0.25, 0.3) is 0 Å². The smallest absolute Gasteiger partial charge is 0.236 e. The maximum Gasteiger partial charge on any atom is 0.236 e. The predicted molar refractivity (Wildman–Crippen MR) is 71.0 cm³/mol. The summed E-state index contributed by atoms with van der Waals surface area (Å²) >= 11 is 5.98. The molecule has 0 heterocycles. The highest BCUT2D eigenvalue weighted by Crippen LogP contribution is 2.60. The molecule has 0 saturated heterocycles. The second kappa shape index (κ2) is 3.24. The summed E-state index contributed by atoms with van der Waals surface area (Å²) < 4.78 is 0. The second-order valence-electron chi connectivity index (χ2n) is 5.11. The second-order valence-corrected chi connectivity index (χ2v) is 5.45. The summed E-state index contributed by atoms with van der Waals surface area (Å²) in [7, 11) is 0. The van der Waals surface area contributed by atoms with Crippen LogP contribution >= 0.6 is 11.6 Å². The Labute approximate surface area is 110 Å². The van der Waals surface area contributed by atoms with Gasteiger partial charge in [-0.15, -0.1) is 0 Å². The highest BCUT2D eigenvalue weighted by atomic mass is 35.5. The van der Waals surface area contributed by atoms with Gasteiger partial charge in [-0.2, -0.15) is 0 Å². The molecule has 4 rings (SSSR count). The molecule has 2 aliphatic carbocycles. The number of halogens is 1. The minimum Gasteiger partial charge on any atom is -0.280 e. The van der Waals surface area contributed by atoms with Crippen LogP contribution in [-0.2, 0) is 10.2 Å².